The van der Waals surface area contributed by atoms with Gasteiger partial charge in [0, 0.05) is 30.3 Å². The first-order chi connectivity index (χ1) is 17.0. The SMILES string of the molecule is CCCNC(=O)[C@H](Cc1ccccc1)N(Cc1ccc(Cl)cc1)C(=O)CSCc1ccc(F)cc1. The lowest BCUT2D eigenvalue weighted by atomic mass is 10.0. The van der Waals surface area contributed by atoms with Gasteiger partial charge in [0.05, 0.1) is 5.75 Å². The molecule has 35 heavy (non-hydrogen) atoms. The molecular formula is C28H30ClFN2O2S. The molecule has 0 aliphatic carbocycles. The van der Waals surface area contributed by atoms with E-state index in [0.29, 0.717) is 30.3 Å². The number of hydrogen-bond donors (Lipinski definition) is 1. The van der Waals surface area contributed by atoms with Gasteiger partial charge in [0.2, 0.25) is 11.8 Å². The van der Waals surface area contributed by atoms with Gasteiger partial charge in [0.25, 0.3) is 0 Å². The normalized spacial score (nSPS) is 11.6. The number of rotatable bonds is 12. The van der Waals surface area contributed by atoms with Crippen molar-refractivity contribution in [2.75, 3.05) is 12.3 Å². The maximum atomic E-state index is 13.5. The second-order valence-electron chi connectivity index (χ2n) is 8.26. The lowest BCUT2D eigenvalue weighted by Gasteiger charge is -2.31. The van der Waals surface area contributed by atoms with Crippen LogP contribution in [0.4, 0.5) is 4.39 Å². The smallest absolute Gasteiger partial charge is 0.243 e. The van der Waals surface area contributed by atoms with E-state index in [-0.39, 0.29) is 23.4 Å². The molecule has 0 fully saturated rings. The summed E-state index contributed by atoms with van der Waals surface area (Å²) in [4.78, 5) is 28.4. The minimum atomic E-state index is -0.654. The van der Waals surface area contributed by atoms with Crippen LogP contribution in [0.2, 0.25) is 5.02 Å². The average molecular weight is 513 g/mol. The van der Waals surface area contributed by atoms with Crippen molar-refractivity contribution in [1.29, 1.82) is 0 Å². The zero-order valence-electron chi connectivity index (χ0n) is 19.8. The number of thioether (sulfide) groups is 1. The van der Waals surface area contributed by atoms with E-state index in [1.807, 2.05) is 49.4 Å². The molecule has 3 aromatic rings. The molecule has 0 aromatic heterocycles. The molecule has 3 rings (SSSR count). The van der Waals surface area contributed by atoms with E-state index in [9.17, 15) is 14.0 Å². The highest BCUT2D eigenvalue weighted by Crippen LogP contribution is 2.19. The Kier molecular flexibility index (Phi) is 10.6. The minimum Gasteiger partial charge on any atom is -0.354 e. The highest BCUT2D eigenvalue weighted by atomic mass is 35.5. The van der Waals surface area contributed by atoms with E-state index in [2.05, 4.69) is 5.32 Å². The van der Waals surface area contributed by atoms with Gasteiger partial charge < -0.3 is 10.2 Å². The van der Waals surface area contributed by atoms with Crippen LogP contribution in [0.15, 0.2) is 78.9 Å². The van der Waals surface area contributed by atoms with Crippen LogP contribution in [0.5, 0.6) is 0 Å². The molecule has 0 saturated carbocycles. The summed E-state index contributed by atoms with van der Waals surface area (Å²) in [5.41, 5.74) is 2.82. The van der Waals surface area contributed by atoms with Crippen molar-refractivity contribution in [3.05, 3.63) is 106 Å². The Balaban J connectivity index is 1.81. The van der Waals surface area contributed by atoms with Gasteiger partial charge in [-0.25, -0.2) is 4.39 Å². The molecule has 1 atom stereocenters. The largest absolute Gasteiger partial charge is 0.354 e. The number of hydrogen-bond acceptors (Lipinski definition) is 3. The highest BCUT2D eigenvalue weighted by Gasteiger charge is 2.30. The summed E-state index contributed by atoms with van der Waals surface area (Å²) in [6, 6.07) is 22.6. The van der Waals surface area contributed by atoms with E-state index in [1.54, 1.807) is 29.2 Å². The summed E-state index contributed by atoms with van der Waals surface area (Å²) in [6.07, 6.45) is 1.22. The van der Waals surface area contributed by atoms with Gasteiger partial charge in [0.15, 0.2) is 0 Å². The van der Waals surface area contributed by atoms with Crippen LogP contribution >= 0.6 is 23.4 Å². The molecule has 0 bridgehead atoms. The fraction of sp³-hybridized carbons (Fsp3) is 0.286. The Morgan fingerprint density at radius 3 is 2.26 bits per heavy atom. The van der Waals surface area contributed by atoms with E-state index in [4.69, 9.17) is 11.6 Å². The van der Waals surface area contributed by atoms with Gasteiger partial charge in [-0.1, -0.05) is 73.1 Å². The molecule has 0 radical (unpaired) electrons. The first-order valence-corrected chi connectivity index (χ1v) is 13.2. The van der Waals surface area contributed by atoms with Gasteiger partial charge in [-0.05, 0) is 47.4 Å². The van der Waals surface area contributed by atoms with Crippen molar-refractivity contribution < 1.29 is 14.0 Å². The summed E-state index contributed by atoms with van der Waals surface area (Å²) < 4.78 is 13.2. The molecule has 7 heteroatoms. The molecule has 2 amide bonds. The quantitative estimate of drug-likeness (QED) is 0.330. The Morgan fingerprint density at radius 1 is 0.943 bits per heavy atom. The molecule has 184 valence electrons. The Labute approximate surface area is 215 Å². The predicted molar refractivity (Wildman–Crippen MR) is 142 cm³/mol. The number of carbonyl (C=O) groups is 2. The van der Waals surface area contributed by atoms with Gasteiger partial charge in [-0.3, -0.25) is 9.59 Å². The average Bonchev–Trinajstić information content (AvgIpc) is 2.87. The first-order valence-electron chi connectivity index (χ1n) is 11.6. The summed E-state index contributed by atoms with van der Waals surface area (Å²) in [5, 5.41) is 3.59. The monoisotopic (exact) mass is 512 g/mol. The number of amides is 2. The molecule has 0 aliphatic rings. The minimum absolute atomic E-state index is 0.125. The summed E-state index contributed by atoms with van der Waals surface area (Å²) >= 11 is 7.50. The summed E-state index contributed by atoms with van der Waals surface area (Å²) in [6.45, 7) is 2.84. The van der Waals surface area contributed by atoms with E-state index >= 15 is 0 Å². The Hall–Kier alpha value is -2.83. The second-order valence-corrected chi connectivity index (χ2v) is 9.69. The summed E-state index contributed by atoms with van der Waals surface area (Å²) in [7, 11) is 0. The lowest BCUT2D eigenvalue weighted by molar-refractivity contribution is -0.139. The van der Waals surface area contributed by atoms with Crippen LogP contribution in [0.25, 0.3) is 0 Å². The van der Waals surface area contributed by atoms with Crippen LogP contribution in [0.1, 0.15) is 30.0 Å². The fourth-order valence-corrected chi connectivity index (χ4v) is 4.62. The molecule has 0 spiro atoms. The number of benzene rings is 3. The van der Waals surface area contributed by atoms with Gasteiger partial charge >= 0.3 is 0 Å². The molecule has 0 heterocycles. The molecule has 1 N–H and O–H groups in total. The molecular weight excluding hydrogens is 483 g/mol. The Morgan fingerprint density at radius 2 is 1.60 bits per heavy atom. The molecule has 0 aliphatic heterocycles. The van der Waals surface area contributed by atoms with Gasteiger partial charge in [-0.15, -0.1) is 11.8 Å². The van der Waals surface area contributed by atoms with Crippen molar-refractivity contribution in [3.63, 3.8) is 0 Å². The van der Waals surface area contributed by atoms with E-state index in [0.717, 1.165) is 23.1 Å². The third-order valence-electron chi connectivity index (χ3n) is 5.49. The van der Waals surface area contributed by atoms with E-state index < -0.39 is 6.04 Å². The summed E-state index contributed by atoms with van der Waals surface area (Å²) in [5.74, 6) is 0.204. The highest BCUT2D eigenvalue weighted by molar-refractivity contribution is 7.99. The zero-order chi connectivity index (χ0) is 25.0. The maximum absolute atomic E-state index is 13.5. The van der Waals surface area contributed by atoms with Crippen molar-refractivity contribution >= 4 is 35.2 Å². The third kappa shape index (κ3) is 8.71. The van der Waals surface area contributed by atoms with Crippen molar-refractivity contribution in [2.45, 2.75) is 38.1 Å². The van der Waals surface area contributed by atoms with E-state index in [1.165, 1.54) is 23.9 Å². The molecule has 0 unspecified atom stereocenters. The molecule has 3 aromatic carbocycles. The number of nitrogens with zero attached hydrogens (tertiary/aromatic N) is 1. The topological polar surface area (TPSA) is 49.4 Å². The van der Waals surface area contributed by atoms with Crippen molar-refractivity contribution in [2.24, 2.45) is 0 Å². The molecule has 0 saturated heterocycles. The third-order valence-corrected chi connectivity index (χ3v) is 6.73. The van der Waals surface area contributed by atoms with Crippen LogP contribution in [-0.2, 0) is 28.3 Å². The number of halogens is 2. The second kappa shape index (κ2) is 13.9. The standard InChI is InChI=1S/C28H30ClFN2O2S/c1-2-16-31-28(34)26(17-21-6-4-3-5-7-21)32(18-22-8-12-24(29)13-9-22)27(33)20-35-19-23-10-14-25(30)15-11-23/h3-15,26H,2,16-20H2,1H3,(H,31,34)/t26-/m0/s1. The Bertz CT molecular complexity index is 1080. The predicted octanol–water partition coefficient (Wildman–Crippen LogP) is 5.88. The van der Waals surface area contributed by atoms with Crippen LogP contribution in [0.3, 0.4) is 0 Å². The number of carbonyl (C=O) groups excluding carboxylic acids is 2. The zero-order valence-corrected chi connectivity index (χ0v) is 21.3. The van der Waals surface area contributed by atoms with Gasteiger partial charge in [-0.2, -0.15) is 0 Å². The van der Waals surface area contributed by atoms with Crippen LogP contribution < -0.4 is 5.32 Å². The van der Waals surface area contributed by atoms with Gasteiger partial charge in [0.1, 0.15) is 11.9 Å². The van der Waals surface area contributed by atoms with Crippen molar-refractivity contribution in [3.8, 4) is 0 Å². The maximum Gasteiger partial charge on any atom is 0.243 e. The van der Waals surface area contributed by atoms with Crippen LogP contribution in [-0.4, -0.2) is 35.1 Å². The fourth-order valence-electron chi connectivity index (χ4n) is 3.63. The van der Waals surface area contributed by atoms with Crippen LogP contribution in [0, 0.1) is 5.82 Å². The lowest BCUT2D eigenvalue weighted by Crippen LogP contribution is -2.51. The first kappa shape index (κ1) is 26.8. The molecule has 4 nitrogen and oxygen atoms in total. The van der Waals surface area contributed by atoms with Crippen molar-refractivity contribution in [1.82, 2.24) is 10.2 Å². The number of nitrogens with one attached hydrogen (secondary N) is 1.